The average Bonchev–Trinajstić information content (AvgIpc) is 2.15. The summed E-state index contributed by atoms with van der Waals surface area (Å²) in [4.78, 5) is 0. The third kappa shape index (κ3) is 12.6. The number of hydrogen-bond donors (Lipinski definition) is 2. The van der Waals surface area contributed by atoms with Crippen molar-refractivity contribution in [3.8, 4) is 0 Å². The molecule has 0 aromatic carbocycles. The molecular weight excluding hydrogens is 266 g/mol. The minimum absolute atomic E-state index is 0.0147. The summed E-state index contributed by atoms with van der Waals surface area (Å²) in [5.74, 6) is 1.78. The molecule has 1 unspecified atom stereocenters. The quantitative estimate of drug-likeness (QED) is 0.364. The van der Waals surface area contributed by atoms with E-state index in [1.54, 1.807) is 10.8 Å². The minimum atomic E-state index is -3.82. The van der Waals surface area contributed by atoms with Crippen LogP contribution in [-0.4, -0.2) is 36.3 Å². The van der Waals surface area contributed by atoms with E-state index in [9.17, 15) is 8.42 Å². The Bertz CT molecular complexity index is 257. The predicted octanol–water partition coefficient (Wildman–Crippen LogP) is 2.16. The molecule has 0 rings (SSSR count). The zero-order valence-electron chi connectivity index (χ0n) is 9.59. The van der Waals surface area contributed by atoms with E-state index < -0.39 is 10.1 Å². The Morgan fingerprint density at radius 1 is 1.31 bits per heavy atom. The van der Waals surface area contributed by atoms with E-state index in [2.05, 4.69) is 6.92 Å². The number of unbranched alkanes of at least 4 members (excludes halogenated alkanes) is 1. The lowest BCUT2D eigenvalue weighted by atomic mass is 10.2. The van der Waals surface area contributed by atoms with E-state index in [-0.39, 0.29) is 11.8 Å². The van der Waals surface area contributed by atoms with Gasteiger partial charge in [0.25, 0.3) is 10.1 Å². The molecule has 16 heavy (non-hydrogen) atoms. The van der Waals surface area contributed by atoms with Crippen LogP contribution in [0.3, 0.4) is 0 Å². The molecule has 1 atom stereocenters. The lowest BCUT2D eigenvalue weighted by Crippen LogP contribution is -2.23. The average molecular weight is 287 g/mol. The van der Waals surface area contributed by atoms with Crippen molar-refractivity contribution >= 4 is 31.7 Å². The van der Waals surface area contributed by atoms with Crippen molar-refractivity contribution in [2.75, 3.05) is 17.3 Å². The van der Waals surface area contributed by atoms with Crippen molar-refractivity contribution in [2.45, 2.75) is 38.6 Å². The molecule has 0 fully saturated rings. The van der Waals surface area contributed by atoms with Gasteiger partial charge in [-0.05, 0) is 19.3 Å². The van der Waals surface area contributed by atoms with Gasteiger partial charge < -0.3 is 5.73 Å². The maximum atomic E-state index is 10.5. The summed E-state index contributed by atoms with van der Waals surface area (Å²) in [5.41, 5.74) is 5.81. The van der Waals surface area contributed by atoms with E-state index in [4.69, 9.17) is 10.3 Å². The van der Waals surface area contributed by atoms with Crippen LogP contribution in [-0.2, 0) is 10.1 Å². The van der Waals surface area contributed by atoms with Crippen molar-refractivity contribution in [3.63, 3.8) is 0 Å². The zero-order chi connectivity index (χ0) is 12.4. The first-order valence-corrected chi connectivity index (χ1v) is 9.50. The number of hydrogen-bond acceptors (Lipinski definition) is 5. The van der Waals surface area contributed by atoms with E-state index in [1.807, 2.05) is 10.8 Å². The molecule has 0 radical (unpaired) electrons. The molecule has 0 heterocycles. The lowest BCUT2D eigenvalue weighted by molar-refractivity contribution is 0.478. The molecule has 0 aliphatic heterocycles. The topological polar surface area (TPSA) is 80.4 Å². The Morgan fingerprint density at radius 3 is 2.56 bits per heavy atom. The van der Waals surface area contributed by atoms with Crippen molar-refractivity contribution in [3.05, 3.63) is 0 Å². The summed E-state index contributed by atoms with van der Waals surface area (Å²) < 4.78 is 29.4. The van der Waals surface area contributed by atoms with Gasteiger partial charge in [-0.1, -0.05) is 34.9 Å². The van der Waals surface area contributed by atoms with Gasteiger partial charge in [0.1, 0.15) is 0 Å². The van der Waals surface area contributed by atoms with Gasteiger partial charge in [-0.15, -0.1) is 0 Å². The van der Waals surface area contributed by atoms with E-state index in [0.29, 0.717) is 12.8 Å². The van der Waals surface area contributed by atoms with Gasteiger partial charge in [0.05, 0.1) is 5.75 Å². The number of rotatable bonds is 10. The van der Waals surface area contributed by atoms with Crippen LogP contribution in [0, 0.1) is 0 Å². The van der Waals surface area contributed by atoms with Crippen LogP contribution in [0.15, 0.2) is 0 Å². The zero-order valence-corrected chi connectivity index (χ0v) is 12.0. The van der Waals surface area contributed by atoms with Gasteiger partial charge in [-0.3, -0.25) is 4.55 Å². The van der Waals surface area contributed by atoms with Crippen molar-refractivity contribution in [2.24, 2.45) is 5.73 Å². The van der Waals surface area contributed by atoms with Gasteiger partial charge >= 0.3 is 0 Å². The Kier molecular flexibility index (Phi) is 9.93. The molecule has 3 N–H and O–H groups in total. The van der Waals surface area contributed by atoms with Crippen LogP contribution in [0.25, 0.3) is 0 Å². The Balaban J connectivity index is 3.34. The number of nitrogens with two attached hydrogens (primary N) is 1. The van der Waals surface area contributed by atoms with E-state index >= 15 is 0 Å². The van der Waals surface area contributed by atoms with Crippen LogP contribution >= 0.6 is 21.6 Å². The second-order valence-electron chi connectivity index (χ2n) is 3.65. The smallest absolute Gasteiger partial charge is 0.264 e. The highest BCUT2D eigenvalue weighted by Crippen LogP contribution is 2.23. The third-order valence-electron chi connectivity index (χ3n) is 1.92. The lowest BCUT2D eigenvalue weighted by Gasteiger charge is -2.09. The van der Waals surface area contributed by atoms with Crippen LogP contribution in [0.5, 0.6) is 0 Å². The Morgan fingerprint density at radius 2 is 2.00 bits per heavy atom. The normalized spacial score (nSPS) is 13.9. The van der Waals surface area contributed by atoms with Gasteiger partial charge in [-0.2, -0.15) is 8.42 Å². The molecule has 0 saturated heterocycles. The minimum Gasteiger partial charge on any atom is -0.327 e. The maximum Gasteiger partial charge on any atom is 0.264 e. The monoisotopic (exact) mass is 287 g/mol. The fourth-order valence-corrected chi connectivity index (χ4v) is 4.02. The predicted molar refractivity (Wildman–Crippen MR) is 73.4 cm³/mol. The molecule has 0 spiro atoms. The molecule has 0 bridgehead atoms. The van der Waals surface area contributed by atoms with Crippen molar-refractivity contribution < 1.29 is 13.0 Å². The van der Waals surface area contributed by atoms with Gasteiger partial charge in [0, 0.05) is 17.5 Å². The summed E-state index contributed by atoms with van der Waals surface area (Å²) in [5, 5.41) is 0. The summed E-state index contributed by atoms with van der Waals surface area (Å²) in [6.45, 7) is 2.16. The van der Waals surface area contributed by atoms with Crippen molar-refractivity contribution in [1.82, 2.24) is 0 Å². The molecule has 0 aliphatic rings. The highest BCUT2D eigenvalue weighted by atomic mass is 33.1. The fourth-order valence-electron chi connectivity index (χ4n) is 1.01. The van der Waals surface area contributed by atoms with Gasteiger partial charge in [-0.25, -0.2) is 0 Å². The maximum absolute atomic E-state index is 10.5. The van der Waals surface area contributed by atoms with Crippen LogP contribution in [0.1, 0.15) is 32.6 Å². The largest absolute Gasteiger partial charge is 0.327 e. The Hall–Kier alpha value is 0.570. The SMILES string of the molecule is CCCCSSCC(N)CCCS(=O)(=O)O. The molecular formula is C9H21NO3S3. The molecule has 0 aromatic rings. The van der Waals surface area contributed by atoms with Crippen molar-refractivity contribution in [1.29, 1.82) is 0 Å². The highest BCUT2D eigenvalue weighted by Gasteiger charge is 2.07. The molecule has 4 nitrogen and oxygen atoms in total. The second-order valence-corrected chi connectivity index (χ2v) is 7.85. The first kappa shape index (κ1) is 16.6. The molecule has 7 heteroatoms. The van der Waals surface area contributed by atoms with E-state index in [1.165, 1.54) is 12.8 Å². The molecule has 0 aromatic heterocycles. The van der Waals surface area contributed by atoms with Gasteiger partial charge in [0.2, 0.25) is 0 Å². The van der Waals surface area contributed by atoms with Crippen LogP contribution in [0.2, 0.25) is 0 Å². The molecule has 0 amide bonds. The second kappa shape index (κ2) is 9.58. The van der Waals surface area contributed by atoms with E-state index in [0.717, 1.165) is 11.5 Å². The standard InChI is InChI=1S/C9H21NO3S3/c1-2-3-6-14-15-8-9(10)5-4-7-16(11,12)13/h9H,2-8,10H2,1H3,(H,11,12,13). The van der Waals surface area contributed by atoms with Gasteiger partial charge in [0.15, 0.2) is 0 Å². The first-order chi connectivity index (χ1) is 7.45. The molecule has 98 valence electrons. The summed E-state index contributed by atoms with van der Waals surface area (Å²) in [7, 11) is -0.267. The molecule has 0 aliphatic carbocycles. The first-order valence-electron chi connectivity index (χ1n) is 5.41. The Labute approximate surface area is 106 Å². The third-order valence-corrected chi connectivity index (χ3v) is 5.32. The van der Waals surface area contributed by atoms with Crippen LogP contribution in [0.4, 0.5) is 0 Å². The summed E-state index contributed by atoms with van der Waals surface area (Å²) in [6.07, 6.45) is 3.49. The molecule has 0 saturated carbocycles. The summed E-state index contributed by atoms with van der Waals surface area (Å²) >= 11 is 0. The fraction of sp³-hybridized carbons (Fsp3) is 1.00. The summed E-state index contributed by atoms with van der Waals surface area (Å²) in [6, 6.07) is 0.0147. The highest BCUT2D eigenvalue weighted by molar-refractivity contribution is 8.76. The van der Waals surface area contributed by atoms with Crippen LogP contribution < -0.4 is 5.73 Å².